The predicted molar refractivity (Wildman–Crippen MR) is 106 cm³/mol. The van der Waals surface area contributed by atoms with Gasteiger partial charge in [-0.15, -0.1) is 10.2 Å². The molecule has 1 aliphatic heterocycles. The number of ether oxygens (including phenoxy) is 1. The fourth-order valence-electron chi connectivity index (χ4n) is 2.97. The number of methoxy groups -OCH3 is 1. The largest absolute Gasteiger partial charge is 0.497 e. The third-order valence-electron chi connectivity index (χ3n) is 4.39. The molecule has 2 aromatic carbocycles. The molecule has 9 nitrogen and oxygen atoms in total. The van der Waals surface area contributed by atoms with Crippen LogP contribution in [-0.4, -0.2) is 50.5 Å². The van der Waals surface area contributed by atoms with Crippen molar-refractivity contribution in [3.05, 3.63) is 65.5 Å². The van der Waals surface area contributed by atoms with E-state index in [2.05, 4.69) is 10.2 Å². The summed E-state index contributed by atoms with van der Waals surface area (Å²) >= 11 is 1.08. The molecule has 1 aromatic heterocycles. The van der Waals surface area contributed by atoms with Gasteiger partial charge in [0.25, 0.3) is 11.8 Å². The number of carbonyl (C=O) groups excluding carboxylic acids is 3. The van der Waals surface area contributed by atoms with Gasteiger partial charge >= 0.3 is 5.97 Å². The Bertz CT molecular complexity index is 1110. The van der Waals surface area contributed by atoms with E-state index in [4.69, 9.17) is 9.57 Å². The van der Waals surface area contributed by atoms with E-state index in [1.807, 2.05) is 12.1 Å². The maximum atomic E-state index is 12.3. The number of nitrogens with zero attached hydrogens (tertiary/aromatic N) is 4. The molecule has 4 rings (SSSR count). The molecule has 3 aromatic rings. The summed E-state index contributed by atoms with van der Waals surface area (Å²) in [5, 5.41) is 9.11. The van der Waals surface area contributed by atoms with E-state index in [9.17, 15) is 14.4 Å². The molecule has 2 amide bonds. The van der Waals surface area contributed by atoms with Crippen molar-refractivity contribution in [1.29, 1.82) is 0 Å². The van der Waals surface area contributed by atoms with Crippen molar-refractivity contribution < 1.29 is 24.0 Å². The average molecular weight is 424 g/mol. The minimum atomic E-state index is -0.753. The molecule has 0 aliphatic carbocycles. The van der Waals surface area contributed by atoms with Crippen LogP contribution in [0.4, 0.5) is 0 Å². The fraction of sp³-hybridized carbons (Fsp3) is 0.150. The van der Waals surface area contributed by atoms with Crippen molar-refractivity contribution >= 4 is 29.5 Å². The van der Waals surface area contributed by atoms with Gasteiger partial charge in [-0.1, -0.05) is 29.0 Å². The molecule has 30 heavy (non-hydrogen) atoms. The van der Waals surface area contributed by atoms with Crippen LogP contribution < -0.4 is 4.74 Å². The molecule has 0 unspecified atom stereocenters. The molecule has 0 radical (unpaired) electrons. The van der Waals surface area contributed by atoms with E-state index in [1.165, 1.54) is 12.1 Å². The van der Waals surface area contributed by atoms with Gasteiger partial charge in [0, 0.05) is 5.69 Å². The second kappa shape index (κ2) is 7.99. The lowest BCUT2D eigenvalue weighted by Crippen LogP contribution is -2.33. The van der Waals surface area contributed by atoms with E-state index in [-0.39, 0.29) is 16.9 Å². The standard InChI is InChI=1S/C20H16N4O5S/c1-12-21-22-20(23(12)13-7-9-14(28-2)10-8-13)30-11-17(25)29-24-18(26)15-5-3-4-6-16(15)19(24)27/h3-10H,11H2,1-2H3. The summed E-state index contributed by atoms with van der Waals surface area (Å²) < 4.78 is 6.94. The highest BCUT2D eigenvalue weighted by Gasteiger charge is 2.38. The van der Waals surface area contributed by atoms with E-state index >= 15 is 0 Å². The summed E-state index contributed by atoms with van der Waals surface area (Å²) in [6.07, 6.45) is 0. The van der Waals surface area contributed by atoms with Crippen molar-refractivity contribution in [3.8, 4) is 11.4 Å². The summed E-state index contributed by atoms with van der Waals surface area (Å²) in [5.74, 6) is -0.893. The lowest BCUT2D eigenvalue weighted by Gasteiger charge is -2.13. The third-order valence-corrected chi connectivity index (χ3v) is 5.30. The van der Waals surface area contributed by atoms with Gasteiger partial charge in [0.05, 0.1) is 18.2 Å². The highest BCUT2D eigenvalue weighted by atomic mass is 32.2. The summed E-state index contributed by atoms with van der Waals surface area (Å²) in [7, 11) is 1.58. The lowest BCUT2D eigenvalue weighted by molar-refractivity contribution is -0.165. The second-order valence-electron chi connectivity index (χ2n) is 6.27. The Kier molecular flexibility index (Phi) is 5.23. The first-order valence-corrected chi connectivity index (χ1v) is 9.86. The Balaban J connectivity index is 1.44. The smallest absolute Gasteiger partial charge is 0.343 e. The van der Waals surface area contributed by atoms with Gasteiger partial charge in [-0.2, -0.15) is 0 Å². The van der Waals surface area contributed by atoms with Gasteiger partial charge < -0.3 is 9.57 Å². The zero-order valence-electron chi connectivity index (χ0n) is 16.1. The van der Waals surface area contributed by atoms with Crippen molar-refractivity contribution in [2.24, 2.45) is 0 Å². The number of hydroxylamine groups is 2. The van der Waals surface area contributed by atoms with Crippen LogP contribution in [0.25, 0.3) is 5.69 Å². The predicted octanol–water partition coefficient (Wildman–Crippen LogP) is 2.43. The molecule has 0 spiro atoms. The molecule has 0 atom stereocenters. The van der Waals surface area contributed by atoms with Crippen LogP contribution in [0.2, 0.25) is 0 Å². The van der Waals surface area contributed by atoms with Gasteiger partial charge in [-0.3, -0.25) is 14.2 Å². The first kappa shape index (κ1) is 19.6. The number of imide groups is 1. The summed E-state index contributed by atoms with van der Waals surface area (Å²) in [6.45, 7) is 1.79. The number of hydrogen-bond acceptors (Lipinski definition) is 8. The van der Waals surface area contributed by atoms with Crippen molar-refractivity contribution in [2.75, 3.05) is 12.9 Å². The third kappa shape index (κ3) is 3.52. The number of amides is 2. The zero-order chi connectivity index (χ0) is 21.3. The number of thioether (sulfide) groups is 1. The van der Waals surface area contributed by atoms with Crippen molar-refractivity contribution in [2.45, 2.75) is 12.1 Å². The Labute approximate surface area is 175 Å². The van der Waals surface area contributed by atoms with Crippen LogP contribution in [0.3, 0.4) is 0 Å². The molecule has 0 bridgehead atoms. The minimum absolute atomic E-state index is 0.165. The highest BCUT2D eigenvalue weighted by molar-refractivity contribution is 7.99. The molecule has 1 aliphatic rings. The quantitative estimate of drug-likeness (QED) is 0.439. The van der Waals surface area contributed by atoms with Gasteiger partial charge in [0.1, 0.15) is 17.3 Å². The number of hydrogen-bond donors (Lipinski definition) is 0. The number of rotatable bonds is 6. The van der Waals surface area contributed by atoms with Gasteiger partial charge in [-0.05, 0) is 43.3 Å². The van der Waals surface area contributed by atoms with E-state index in [0.717, 1.165) is 17.4 Å². The number of aryl methyl sites for hydroxylation is 1. The van der Waals surface area contributed by atoms with Gasteiger partial charge in [0.15, 0.2) is 5.16 Å². The Morgan fingerprint density at radius 2 is 1.63 bits per heavy atom. The van der Waals surface area contributed by atoms with Crippen LogP contribution in [0.15, 0.2) is 53.7 Å². The molecule has 10 heteroatoms. The Hall–Kier alpha value is -3.66. The normalized spacial score (nSPS) is 12.8. The van der Waals surface area contributed by atoms with Gasteiger partial charge in [-0.25, -0.2) is 4.79 Å². The van der Waals surface area contributed by atoms with Crippen LogP contribution in [-0.2, 0) is 9.63 Å². The summed E-state index contributed by atoms with van der Waals surface area (Å²) in [5.41, 5.74) is 1.21. The van der Waals surface area contributed by atoms with Crippen LogP contribution >= 0.6 is 11.8 Å². The molecule has 2 heterocycles. The van der Waals surface area contributed by atoms with Crippen LogP contribution in [0.1, 0.15) is 26.5 Å². The summed E-state index contributed by atoms with van der Waals surface area (Å²) in [4.78, 5) is 41.9. The fourth-order valence-corrected chi connectivity index (χ4v) is 3.73. The average Bonchev–Trinajstić information content (AvgIpc) is 3.25. The Morgan fingerprint density at radius 3 is 2.23 bits per heavy atom. The number of carbonyl (C=O) groups is 3. The van der Waals surface area contributed by atoms with Crippen LogP contribution in [0, 0.1) is 6.92 Å². The molecule has 0 N–H and O–H groups in total. The number of aromatic nitrogens is 3. The first-order chi connectivity index (χ1) is 14.5. The van der Waals surface area contributed by atoms with E-state index in [0.29, 0.717) is 21.8 Å². The van der Waals surface area contributed by atoms with Crippen molar-refractivity contribution in [3.63, 3.8) is 0 Å². The molecular weight excluding hydrogens is 408 g/mol. The SMILES string of the molecule is COc1ccc(-n2c(C)nnc2SCC(=O)ON2C(=O)c3ccccc3C2=O)cc1. The topological polar surface area (TPSA) is 104 Å². The minimum Gasteiger partial charge on any atom is -0.497 e. The molecule has 0 fully saturated rings. The number of fused-ring (bicyclic) bond motifs is 1. The molecular formula is C20H16N4O5S. The van der Waals surface area contributed by atoms with Crippen LogP contribution in [0.5, 0.6) is 5.75 Å². The maximum Gasteiger partial charge on any atom is 0.343 e. The second-order valence-corrected chi connectivity index (χ2v) is 7.21. The molecule has 0 saturated heterocycles. The molecule has 0 saturated carbocycles. The van der Waals surface area contributed by atoms with Crippen molar-refractivity contribution in [1.82, 2.24) is 19.8 Å². The maximum absolute atomic E-state index is 12.3. The van der Waals surface area contributed by atoms with E-state index in [1.54, 1.807) is 42.9 Å². The monoisotopic (exact) mass is 424 g/mol. The van der Waals surface area contributed by atoms with E-state index < -0.39 is 17.8 Å². The van der Waals surface area contributed by atoms with Gasteiger partial charge in [0.2, 0.25) is 0 Å². The summed E-state index contributed by atoms with van der Waals surface area (Å²) in [6, 6.07) is 13.6. The lowest BCUT2D eigenvalue weighted by atomic mass is 10.1. The highest BCUT2D eigenvalue weighted by Crippen LogP contribution is 2.25. The number of benzene rings is 2. The molecule has 152 valence electrons. The first-order valence-electron chi connectivity index (χ1n) is 8.87. The zero-order valence-corrected chi connectivity index (χ0v) is 16.9. The Morgan fingerprint density at radius 1 is 1.00 bits per heavy atom.